The molecule has 0 spiro atoms. The van der Waals surface area contributed by atoms with E-state index in [1.54, 1.807) is 25.1 Å². The van der Waals surface area contributed by atoms with E-state index >= 15 is 0 Å². The molecule has 22 heavy (non-hydrogen) atoms. The number of carbonyl (C=O) groups excluding carboxylic acids is 1. The van der Waals surface area contributed by atoms with Crippen LogP contribution in [-0.4, -0.2) is 45.6 Å². The minimum Gasteiger partial charge on any atom is -0.493 e. The van der Waals surface area contributed by atoms with E-state index in [0.29, 0.717) is 17.2 Å². The zero-order valence-corrected chi connectivity index (χ0v) is 13.5. The average molecular weight is 310 g/mol. The van der Waals surface area contributed by atoms with E-state index in [1.165, 1.54) is 34.5 Å². The number of carbonyl (C=O) groups is 1. The van der Waals surface area contributed by atoms with Gasteiger partial charge in [0.2, 0.25) is 5.75 Å². The molecule has 0 unspecified atom stereocenters. The molecule has 1 aromatic rings. The van der Waals surface area contributed by atoms with E-state index in [1.807, 2.05) is 0 Å². The Kier molecular flexibility index (Phi) is 6.72. The molecule has 6 nitrogen and oxygen atoms in total. The number of aliphatic hydroxyl groups excluding tert-OH is 1. The lowest BCUT2D eigenvalue weighted by molar-refractivity contribution is -0.134. The summed E-state index contributed by atoms with van der Waals surface area (Å²) in [6, 6.07) is 3.47. The Morgan fingerprint density at radius 2 is 1.64 bits per heavy atom. The fourth-order valence-corrected chi connectivity index (χ4v) is 2.09. The Bertz CT molecular complexity index is 510. The van der Waals surface area contributed by atoms with Crippen molar-refractivity contribution in [2.45, 2.75) is 18.9 Å². The first-order chi connectivity index (χ1) is 10.5. The third kappa shape index (κ3) is 4.14. The van der Waals surface area contributed by atoms with Gasteiger partial charge in [0.15, 0.2) is 11.5 Å². The first kappa shape index (κ1) is 17.8. The van der Waals surface area contributed by atoms with Gasteiger partial charge in [0.1, 0.15) is 0 Å². The maximum Gasteiger partial charge on any atom is 0.330 e. The minimum absolute atomic E-state index is 0.423. The van der Waals surface area contributed by atoms with E-state index in [2.05, 4.69) is 4.74 Å². The molecule has 0 aliphatic rings. The van der Waals surface area contributed by atoms with Crippen LogP contribution in [0.15, 0.2) is 24.3 Å². The molecular weight excluding hydrogens is 288 g/mol. The Morgan fingerprint density at radius 1 is 1.09 bits per heavy atom. The molecule has 122 valence electrons. The molecule has 0 aliphatic carbocycles. The van der Waals surface area contributed by atoms with Crippen LogP contribution in [0.25, 0.3) is 0 Å². The van der Waals surface area contributed by atoms with E-state index in [-0.39, 0.29) is 0 Å². The van der Waals surface area contributed by atoms with Crippen LogP contribution in [0.3, 0.4) is 0 Å². The van der Waals surface area contributed by atoms with Gasteiger partial charge in [-0.2, -0.15) is 0 Å². The highest BCUT2D eigenvalue weighted by Crippen LogP contribution is 2.40. The van der Waals surface area contributed by atoms with Crippen molar-refractivity contribution in [1.82, 2.24) is 0 Å². The molecule has 1 N–H and O–H groups in total. The molecule has 0 radical (unpaired) electrons. The van der Waals surface area contributed by atoms with Crippen molar-refractivity contribution in [3.63, 3.8) is 0 Å². The van der Waals surface area contributed by atoms with Gasteiger partial charge in [0.05, 0.1) is 34.5 Å². The van der Waals surface area contributed by atoms with Gasteiger partial charge in [0, 0.05) is 12.0 Å². The molecule has 0 aromatic heterocycles. The number of methoxy groups -OCH3 is 4. The summed E-state index contributed by atoms with van der Waals surface area (Å²) in [6.07, 6.45) is 2.14. The summed E-state index contributed by atoms with van der Waals surface area (Å²) >= 11 is 0. The lowest BCUT2D eigenvalue weighted by atomic mass is 9.93. The number of ether oxygens (including phenoxy) is 4. The van der Waals surface area contributed by atoms with Crippen LogP contribution >= 0.6 is 0 Å². The standard InChI is InChI=1S/C16H22O6/c1-10(17)12(6-7-15(18)21-4)11-8-13(19-2)16(22-5)14(9-11)20-3/h6-10,12,17H,1-5H3/b7-6+/t10-,12+/m0/s1. The van der Waals surface area contributed by atoms with Gasteiger partial charge in [-0.3, -0.25) is 0 Å². The van der Waals surface area contributed by atoms with E-state index in [9.17, 15) is 9.90 Å². The fourth-order valence-electron chi connectivity index (χ4n) is 2.09. The number of aliphatic hydroxyl groups is 1. The van der Waals surface area contributed by atoms with E-state index < -0.39 is 18.0 Å². The van der Waals surface area contributed by atoms with Crippen molar-refractivity contribution in [1.29, 1.82) is 0 Å². The van der Waals surface area contributed by atoms with Crippen LogP contribution in [0.4, 0.5) is 0 Å². The van der Waals surface area contributed by atoms with Crippen molar-refractivity contribution in [2.24, 2.45) is 0 Å². The number of rotatable bonds is 7. The highest BCUT2D eigenvalue weighted by molar-refractivity contribution is 5.82. The monoisotopic (exact) mass is 310 g/mol. The van der Waals surface area contributed by atoms with Gasteiger partial charge in [-0.1, -0.05) is 6.08 Å². The number of hydrogen-bond donors (Lipinski definition) is 1. The van der Waals surface area contributed by atoms with Crippen LogP contribution < -0.4 is 14.2 Å². The quantitative estimate of drug-likeness (QED) is 0.612. The third-order valence-corrected chi connectivity index (χ3v) is 3.23. The predicted octanol–water partition coefficient (Wildman–Crippen LogP) is 1.91. The number of hydrogen-bond acceptors (Lipinski definition) is 6. The molecule has 0 amide bonds. The van der Waals surface area contributed by atoms with Gasteiger partial charge in [-0.25, -0.2) is 4.79 Å². The lowest BCUT2D eigenvalue weighted by Gasteiger charge is -2.20. The first-order valence-corrected chi connectivity index (χ1v) is 6.72. The van der Waals surface area contributed by atoms with Crippen molar-refractivity contribution in [3.8, 4) is 17.2 Å². The van der Waals surface area contributed by atoms with Crippen LogP contribution in [-0.2, 0) is 9.53 Å². The van der Waals surface area contributed by atoms with Crippen molar-refractivity contribution < 1.29 is 28.8 Å². The van der Waals surface area contributed by atoms with E-state index in [0.717, 1.165) is 5.56 Å². The molecule has 1 rings (SSSR count). The van der Waals surface area contributed by atoms with Gasteiger partial charge in [0.25, 0.3) is 0 Å². The molecule has 2 atom stereocenters. The van der Waals surface area contributed by atoms with Crippen LogP contribution in [0, 0.1) is 0 Å². The molecular formula is C16H22O6. The van der Waals surface area contributed by atoms with Crippen molar-refractivity contribution in [3.05, 3.63) is 29.8 Å². The molecule has 0 bridgehead atoms. The van der Waals surface area contributed by atoms with Gasteiger partial charge in [-0.15, -0.1) is 0 Å². The SMILES string of the molecule is COC(=O)/C=C/[C@@H](c1cc(OC)c(OC)c(OC)c1)[C@H](C)O. The lowest BCUT2D eigenvalue weighted by Crippen LogP contribution is -2.13. The summed E-state index contributed by atoms with van der Waals surface area (Å²) in [4.78, 5) is 11.3. The zero-order valence-electron chi connectivity index (χ0n) is 13.5. The average Bonchev–Trinajstić information content (AvgIpc) is 2.53. The normalized spacial score (nSPS) is 13.5. The second-order valence-corrected chi connectivity index (χ2v) is 4.61. The summed E-state index contributed by atoms with van der Waals surface area (Å²) < 4.78 is 20.4. The molecule has 0 saturated heterocycles. The molecule has 6 heteroatoms. The molecule has 0 fully saturated rings. The van der Waals surface area contributed by atoms with Gasteiger partial charge < -0.3 is 24.1 Å². The highest BCUT2D eigenvalue weighted by Gasteiger charge is 2.20. The second kappa shape index (κ2) is 8.29. The molecule has 0 saturated carbocycles. The van der Waals surface area contributed by atoms with Gasteiger partial charge in [-0.05, 0) is 24.6 Å². The predicted molar refractivity (Wildman–Crippen MR) is 81.7 cm³/mol. The Morgan fingerprint density at radius 3 is 2.00 bits per heavy atom. The van der Waals surface area contributed by atoms with Crippen molar-refractivity contribution >= 4 is 5.97 Å². The van der Waals surface area contributed by atoms with Crippen LogP contribution in [0.1, 0.15) is 18.4 Å². The first-order valence-electron chi connectivity index (χ1n) is 6.72. The Labute approximate surface area is 130 Å². The fraction of sp³-hybridized carbons (Fsp3) is 0.438. The minimum atomic E-state index is -0.719. The van der Waals surface area contributed by atoms with Crippen molar-refractivity contribution in [2.75, 3.05) is 28.4 Å². The highest BCUT2D eigenvalue weighted by atomic mass is 16.5. The molecule has 0 heterocycles. The summed E-state index contributed by atoms with van der Waals surface area (Å²) in [6.45, 7) is 1.63. The topological polar surface area (TPSA) is 74.2 Å². The summed E-state index contributed by atoms with van der Waals surface area (Å²) in [5.41, 5.74) is 0.727. The molecule has 1 aromatic carbocycles. The smallest absolute Gasteiger partial charge is 0.330 e. The van der Waals surface area contributed by atoms with Gasteiger partial charge >= 0.3 is 5.97 Å². The number of esters is 1. The number of benzene rings is 1. The molecule has 0 aliphatic heterocycles. The summed E-state index contributed by atoms with van der Waals surface area (Å²) in [5, 5.41) is 9.99. The zero-order chi connectivity index (χ0) is 16.7. The summed E-state index contributed by atoms with van der Waals surface area (Å²) in [7, 11) is 5.85. The van der Waals surface area contributed by atoms with Crippen LogP contribution in [0.2, 0.25) is 0 Å². The van der Waals surface area contributed by atoms with E-state index in [4.69, 9.17) is 14.2 Å². The Hall–Kier alpha value is -2.21. The largest absolute Gasteiger partial charge is 0.493 e. The Balaban J connectivity index is 3.31. The summed E-state index contributed by atoms with van der Waals surface area (Å²) in [5.74, 6) is 0.517. The third-order valence-electron chi connectivity index (χ3n) is 3.23. The second-order valence-electron chi connectivity index (χ2n) is 4.61. The maximum absolute atomic E-state index is 11.3. The van der Waals surface area contributed by atoms with Crippen LogP contribution in [0.5, 0.6) is 17.2 Å². The maximum atomic E-state index is 11.3.